The summed E-state index contributed by atoms with van der Waals surface area (Å²) in [6, 6.07) is 6.67. The molecule has 0 saturated carbocycles. The van der Waals surface area contributed by atoms with Crippen LogP contribution in [-0.4, -0.2) is 43.1 Å². The minimum Gasteiger partial charge on any atom is -0.496 e. The van der Waals surface area contributed by atoms with Crippen molar-refractivity contribution in [3.8, 4) is 5.75 Å². The molecule has 120 valence electrons. The lowest BCUT2D eigenvalue weighted by Crippen LogP contribution is -2.39. The molecule has 1 aromatic carbocycles. The lowest BCUT2D eigenvalue weighted by molar-refractivity contribution is 0.0709. The Morgan fingerprint density at radius 3 is 2.41 bits per heavy atom. The Morgan fingerprint density at radius 1 is 1.23 bits per heavy atom. The summed E-state index contributed by atoms with van der Waals surface area (Å²) in [4.78, 5) is 15.1. The third kappa shape index (κ3) is 2.12. The topological polar surface area (TPSA) is 41.6 Å². The van der Waals surface area contributed by atoms with Gasteiger partial charge in [-0.3, -0.25) is 4.79 Å². The van der Waals surface area contributed by atoms with E-state index >= 15 is 0 Å². The molecular weight excluding hydrogens is 300 g/mol. The number of hydrogen-bond acceptors (Lipinski definition) is 3. The molecule has 0 spiro atoms. The molecule has 5 heteroatoms. The Bertz CT molecular complexity index is 574. The molecule has 22 heavy (non-hydrogen) atoms. The number of carbonyl (C=O) groups is 1. The fourth-order valence-electron chi connectivity index (χ4n) is 4.73. The molecule has 3 fully saturated rings. The second-order valence-corrected chi connectivity index (χ2v) is 6.59. The molecule has 0 aromatic heterocycles. The first-order chi connectivity index (χ1) is 10.2. The van der Waals surface area contributed by atoms with Crippen molar-refractivity contribution in [2.45, 2.75) is 31.8 Å². The van der Waals surface area contributed by atoms with E-state index in [-0.39, 0.29) is 18.3 Å². The van der Waals surface area contributed by atoms with Crippen molar-refractivity contribution in [2.24, 2.45) is 11.8 Å². The summed E-state index contributed by atoms with van der Waals surface area (Å²) < 4.78 is 5.29. The number of methoxy groups -OCH3 is 1. The van der Waals surface area contributed by atoms with Crippen molar-refractivity contribution in [1.29, 1.82) is 0 Å². The van der Waals surface area contributed by atoms with Crippen molar-refractivity contribution in [3.05, 3.63) is 29.3 Å². The number of rotatable bonds is 2. The van der Waals surface area contributed by atoms with Crippen LogP contribution in [0.4, 0.5) is 0 Å². The van der Waals surface area contributed by atoms with Crippen LogP contribution in [0.3, 0.4) is 0 Å². The van der Waals surface area contributed by atoms with E-state index in [1.807, 2.05) is 25.1 Å². The summed E-state index contributed by atoms with van der Waals surface area (Å²) in [6.45, 7) is 4.15. The Hall–Kier alpha value is -1.26. The number of hydrogen-bond donors (Lipinski definition) is 1. The summed E-state index contributed by atoms with van der Waals surface area (Å²) in [5.41, 5.74) is 1.83. The number of halogens is 1. The van der Waals surface area contributed by atoms with Crippen LogP contribution in [0.15, 0.2) is 18.2 Å². The molecule has 4 atom stereocenters. The number of nitrogens with zero attached hydrogens (tertiary/aromatic N) is 1. The first-order valence-electron chi connectivity index (χ1n) is 7.88. The molecule has 4 nitrogen and oxygen atoms in total. The third-order valence-electron chi connectivity index (χ3n) is 5.65. The van der Waals surface area contributed by atoms with Gasteiger partial charge in [0.2, 0.25) is 0 Å². The van der Waals surface area contributed by atoms with Crippen LogP contribution in [0, 0.1) is 18.8 Å². The summed E-state index contributed by atoms with van der Waals surface area (Å²) in [6.07, 6.45) is 2.35. The molecule has 0 radical (unpaired) electrons. The summed E-state index contributed by atoms with van der Waals surface area (Å²) in [7, 11) is 1.67. The van der Waals surface area contributed by atoms with Crippen molar-refractivity contribution in [3.63, 3.8) is 0 Å². The van der Waals surface area contributed by atoms with Gasteiger partial charge in [0.25, 0.3) is 5.91 Å². The summed E-state index contributed by atoms with van der Waals surface area (Å²) >= 11 is 0. The quantitative estimate of drug-likeness (QED) is 0.908. The number of fused-ring (bicyclic) bond motifs is 5. The van der Waals surface area contributed by atoms with Crippen molar-refractivity contribution < 1.29 is 9.53 Å². The standard InChI is InChI=1S/C17H22N2O2.ClH/c1-10-7-11(3-6-16(10)21-2)17(20)19-14-4-5-15(19)13-9-18-8-12(13)14;/h3,6-7,12-15,18H,4-5,8-9H2,1-2H3;1H/t12-,13+,14-,15+;. The second kappa shape index (κ2) is 5.74. The van der Waals surface area contributed by atoms with Crippen LogP contribution < -0.4 is 10.1 Å². The molecule has 4 rings (SSSR count). The molecule has 3 aliphatic heterocycles. The van der Waals surface area contributed by atoms with E-state index in [0.29, 0.717) is 23.9 Å². The molecule has 3 saturated heterocycles. The number of nitrogens with one attached hydrogen (secondary N) is 1. The maximum atomic E-state index is 13.0. The van der Waals surface area contributed by atoms with Crippen LogP contribution in [0.5, 0.6) is 5.75 Å². The number of carbonyl (C=O) groups excluding carboxylic acids is 1. The van der Waals surface area contributed by atoms with Crippen molar-refractivity contribution in [1.82, 2.24) is 10.2 Å². The highest BCUT2D eigenvalue weighted by atomic mass is 35.5. The zero-order valence-electron chi connectivity index (χ0n) is 13.0. The highest BCUT2D eigenvalue weighted by Gasteiger charge is 2.56. The highest BCUT2D eigenvalue weighted by molar-refractivity contribution is 5.95. The number of amides is 1. The van der Waals surface area contributed by atoms with Gasteiger partial charge >= 0.3 is 0 Å². The molecule has 1 amide bonds. The minimum absolute atomic E-state index is 0. The van der Waals surface area contributed by atoms with Gasteiger partial charge in [-0.25, -0.2) is 0 Å². The molecule has 1 N–H and O–H groups in total. The second-order valence-electron chi connectivity index (χ2n) is 6.59. The third-order valence-corrected chi connectivity index (χ3v) is 5.65. The van der Waals surface area contributed by atoms with E-state index in [1.54, 1.807) is 7.11 Å². The van der Waals surface area contributed by atoms with Crippen LogP contribution >= 0.6 is 12.4 Å². The Kier molecular flexibility index (Phi) is 4.08. The number of benzene rings is 1. The molecule has 0 unspecified atom stereocenters. The predicted molar refractivity (Wildman–Crippen MR) is 87.8 cm³/mol. The van der Waals surface area contributed by atoms with E-state index in [4.69, 9.17) is 4.74 Å². The lowest BCUT2D eigenvalue weighted by atomic mass is 9.82. The molecular formula is C17H23ClN2O2. The van der Waals surface area contributed by atoms with E-state index in [1.165, 1.54) is 12.8 Å². The van der Waals surface area contributed by atoms with Gasteiger partial charge in [-0.05, 0) is 55.4 Å². The maximum absolute atomic E-state index is 13.0. The summed E-state index contributed by atoms with van der Waals surface area (Å²) in [5, 5.41) is 3.49. The SMILES string of the molecule is COc1ccc(C(=O)N2[C@@H]3CC[C@H]2[C@H]2CNC[C@H]23)cc1C.Cl. The van der Waals surface area contributed by atoms with E-state index in [9.17, 15) is 4.79 Å². The van der Waals surface area contributed by atoms with Crippen LogP contribution in [0.25, 0.3) is 0 Å². The van der Waals surface area contributed by atoms with Crippen LogP contribution in [0.2, 0.25) is 0 Å². The zero-order chi connectivity index (χ0) is 14.6. The Labute approximate surface area is 137 Å². The predicted octanol–water partition coefficient (Wildman–Crippen LogP) is 2.25. The van der Waals surface area contributed by atoms with Gasteiger partial charge in [0.05, 0.1) is 7.11 Å². The highest BCUT2D eigenvalue weighted by Crippen LogP contribution is 2.47. The van der Waals surface area contributed by atoms with E-state index < -0.39 is 0 Å². The normalized spacial score (nSPS) is 31.8. The van der Waals surface area contributed by atoms with Crippen LogP contribution in [0.1, 0.15) is 28.8 Å². The van der Waals surface area contributed by atoms with Gasteiger partial charge in [0, 0.05) is 30.7 Å². The first-order valence-corrected chi connectivity index (χ1v) is 7.88. The van der Waals surface area contributed by atoms with Crippen molar-refractivity contribution >= 4 is 18.3 Å². The molecule has 2 bridgehead atoms. The van der Waals surface area contributed by atoms with Gasteiger partial charge in [-0.1, -0.05) is 0 Å². The molecule has 3 heterocycles. The van der Waals surface area contributed by atoms with Gasteiger partial charge in [0.15, 0.2) is 0 Å². The minimum atomic E-state index is 0. The van der Waals surface area contributed by atoms with Gasteiger partial charge in [-0.15, -0.1) is 12.4 Å². The first kappa shape index (κ1) is 15.6. The zero-order valence-corrected chi connectivity index (χ0v) is 13.9. The number of aryl methyl sites for hydroxylation is 1. The van der Waals surface area contributed by atoms with E-state index in [0.717, 1.165) is 30.0 Å². The van der Waals surface area contributed by atoms with Crippen molar-refractivity contribution in [2.75, 3.05) is 20.2 Å². The fourth-order valence-corrected chi connectivity index (χ4v) is 4.73. The molecule has 3 aliphatic rings. The lowest BCUT2D eigenvalue weighted by Gasteiger charge is -2.25. The molecule has 1 aromatic rings. The Morgan fingerprint density at radius 2 is 1.86 bits per heavy atom. The largest absolute Gasteiger partial charge is 0.496 e. The van der Waals surface area contributed by atoms with Gasteiger partial charge in [-0.2, -0.15) is 0 Å². The smallest absolute Gasteiger partial charge is 0.254 e. The van der Waals surface area contributed by atoms with E-state index in [2.05, 4.69) is 10.2 Å². The average molecular weight is 323 g/mol. The van der Waals surface area contributed by atoms with Gasteiger partial charge in [0.1, 0.15) is 5.75 Å². The molecule has 0 aliphatic carbocycles. The van der Waals surface area contributed by atoms with Crippen LogP contribution in [-0.2, 0) is 0 Å². The Balaban J connectivity index is 0.00000144. The number of ether oxygens (including phenoxy) is 1. The fraction of sp³-hybridized carbons (Fsp3) is 0.588. The monoisotopic (exact) mass is 322 g/mol. The average Bonchev–Trinajstić information content (AvgIpc) is 3.18. The maximum Gasteiger partial charge on any atom is 0.254 e. The van der Waals surface area contributed by atoms with Gasteiger partial charge < -0.3 is 15.0 Å². The summed E-state index contributed by atoms with van der Waals surface area (Å²) in [5.74, 6) is 2.40.